The third-order valence-corrected chi connectivity index (χ3v) is 12.2. The van der Waals surface area contributed by atoms with Gasteiger partial charge < -0.3 is 35.2 Å². The molecule has 1 aliphatic heterocycles. The van der Waals surface area contributed by atoms with E-state index in [4.69, 9.17) is 14.3 Å². The number of aliphatic hydroxyl groups is 2. The first kappa shape index (κ1) is 40.0. The molecule has 3 saturated carbocycles. The molecule has 11 heteroatoms. The fraction of sp³-hybridized carbons (Fsp3) is 0.659. The number of hydroxylamine groups is 2. The van der Waals surface area contributed by atoms with Crippen LogP contribution in [-0.2, 0) is 20.9 Å². The van der Waals surface area contributed by atoms with Crippen molar-refractivity contribution in [2.75, 3.05) is 46.4 Å². The van der Waals surface area contributed by atoms with Gasteiger partial charge in [-0.15, -0.1) is 0 Å². The lowest BCUT2D eigenvalue weighted by atomic mass is 9.45. The lowest BCUT2D eigenvalue weighted by Crippen LogP contribution is -2.62. The average Bonchev–Trinajstić information content (AvgIpc) is 3.47. The summed E-state index contributed by atoms with van der Waals surface area (Å²) >= 11 is 0. The standard InChI is InChI=1S/C41H62N4O7/c1-23(2)14-30(22-50-9)42-39(48)28-15-27(16-31(17-28)44(7)8)32-13-11-12-26(38(32)51-10)20-45-37(36(25(4)47)35(21-46)52-45)40(49)43-34-19-29-18-33(24(34)3)41(29,5)6/h11-13,15-17,23-25,29-30,33-37,46-47H,14,18-22H2,1-10H3,(H,42,48)(H,43,49)/t24-,25-,29+,30+,33-,34-,35-,36+,37-/m0/s1. The van der Waals surface area contributed by atoms with Gasteiger partial charge in [-0.3, -0.25) is 14.4 Å². The monoisotopic (exact) mass is 722 g/mol. The van der Waals surface area contributed by atoms with Crippen molar-refractivity contribution < 1.29 is 34.1 Å². The third kappa shape index (κ3) is 8.14. The quantitative estimate of drug-likeness (QED) is 0.203. The number of anilines is 1. The molecular weight excluding hydrogens is 660 g/mol. The molecule has 9 atom stereocenters. The lowest BCUT2D eigenvalue weighted by Gasteiger charge is -2.62. The molecule has 1 saturated heterocycles. The molecule has 2 bridgehead atoms. The van der Waals surface area contributed by atoms with Gasteiger partial charge >= 0.3 is 0 Å². The minimum Gasteiger partial charge on any atom is -0.496 e. The lowest BCUT2D eigenvalue weighted by molar-refractivity contribution is -0.183. The summed E-state index contributed by atoms with van der Waals surface area (Å²) in [5.41, 5.74) is 3.98. The molecule has 2 aromatic rings. The van der Waals surface area contributed by atoms with Crippen molar-refractivity contribution in [3.63, 3.8) is 0 Å². The van der Waals surface area contributed by atoms with Gasteiger partial charge in [0, 0.05) is 55.5 Å². The molecule has 0 unspecified atom stereocenters. The number of hydrogen-bond donors (Lipinski definition) is 4. The molecule has 0 radical (unpaired) electrons. The summed E-state index contributed by atoms with van der Waals surface area (Å²) < 4.78 is 11.5. The zero-order chi connectivity index (χ0) is 38.1. The highest BCUT2D eigenvalue weighted by Gasteiger charge is 2.57. The number of amides is 2. The Kier molecular flexibility index (Phi) is 12.6. The number of carbonyl (C=O) groups excluding carboxylic acids is 2. The maximum Gasteiger partial charge on any atom is 0.251 e. The second-order valence-corrected chi connectivity index (χ2v) is 16.7. The number of aliphatic hydroxyl groups excluding tert-OH is 2. The van der Waals surface area contributed by atoms with E-state index in [1.165, 1.54) is 6.42 Å². The molecule has 6 rings (SSSR count). The van der Waals surface area contributed by atoms with Crippen LogP contribution in [-0.4, -0.2) is 99.0 Å². The Morgan fingerprint density at radius 1 is 1.12 bits per heavy atom. The molecule has 4 N–H and O–H groups in total. The summed E-state index contributed by atoms with van der Waals surface area (Å²) in [6.07, 6.45) is 1.27. The minimum absolute atomic E-state index is 0.0392. The molecule has 4 fully saturated rings. The van der Waals surface area contributed by atoms with E-state index in [1.807, 2.05) is 55.4 Å². The van der Waals surface area contributed by atoms with Crippen LogP contribution in [0.5, 0.6) is 5.75 Å². The van der Waals surface area contributed by atoms with Crippen LogP contribution >= 0.6 is 0 Å². The van der Waals surface area contributed by atoms with Crippen LogP contribution in [0, 0.1) is 35.0 Å². The molecular formula is C41H62N4O7. The first-order valence-corrected chi connectivity index (χ1v) is 18.9. The number of para-hydroxylation sites is 1. The molecule has 288 valence electrons. The van der Waals surface area contributed by atoms with Crippen molar-refractivity contribution in [2.24, 2.45) is 35.0 Å². The maximum absolute atomic E-state index is 14.2. The summed E-state index contributed by atoms with van der Waals surface area (Å²) in [7, 11) is 7.12. The largest absolute Gasteiger partial charge is 0.496 e. The Labute approximate surface area is 310 Å². The van der Waals surface area contributed by atoms with E-state index in [1.54, 1.807) is 26.2 Å². The van der Waals surface area contributed by atoms with Crippen molar-refractivity contribution in [3.8, 4) is 16.9 Å². The van der Waals surface area contributed by atoms with Gasteiger partial charge in [-0.1, -0.05) is 52.8 Å². The predicted molar refractivity (Wildman–Crippen MR) is 203 cm³/mol. The highest BCUT2D eigenvalue weighted by atomic mass is 16.7. The number of benzene rings is 2. The first-order chi connectivity index (χ1) is 24.6. The summed E-state index contributed by atoms with van der Waals surface area (Å²) in [4.78, 5) is 36.1. The van der Waals surface area contributed by atoms with Crippen molar-refractivity contribution in [1.82, 2.24) is 15.7 Å². The van der Waals surface area contributed by atoms with Crippen molar-refractivity contribution in [2.45, 2.75) is 97.7 Å². The van der Waals surface area contributed by atoms with E-state index in [9.17, 15) is 19.8 Å². The number of carbonyl (C=O) groups is 2. The van der Waals surface area contributed by atoms with E-state index in [0.717, 1.165) is 35.2 Å². The number of hydrogen-bond acceptors (Lipinski definition) is 9. The van der Waals surface area contributed by atoms with Gasteiger partial charge in [0.1, 0.15) is 17.9 Å². The molecule has 52 heavy (non-hydrogen) atoms. The van der Waals surface area contributed by atoms with Crippen LogP contribution in [0.2, 0.25) is 0 Å². The summed E-state index contributed by atoms with van der Waals surface area (Å²) in [5.74, 6) is 1.40. The SMILES string of the molecule is COC[C@@H](CC(C)C)NC(=O)c1cc(-c2cccc(CN3O[C@@H](CO)[C@@H]([C@H](C)O)[C@H]3C(=O)N[C@H]3C[C@H]4C[C@@H]([C@@H]3C)C4(C)C)c2OC)cc(N(C)C)c1. The van der Waals surface area contributed by atoms with Gasteiger partial charge in [-0.25, -0.2) is 0 Å². The molecule has 3 aliphatic carbocycles. The van der Waals surface area contributed by atoms with Crippen molar-refractivity contribution >= 4 is 17.5 Å². The van der Waals surface area contributed by atoms with Crippen molar-refractivity contribution in [3.05, 3.63) is 47.5 Å². The highest BCUT2D eigenvalue weighted by Crippen LogP contribution is 2.61. The van der Waals surface area contributed by atoms with Crippen LogP contribution < -0.4 is 20.3 Å². The van der Waals surface area contributed by atoms with E-state index in [2.05, 4.69) is 45.3 Å². The van der Waals surface area contributed by atoms with Crippen molar-refractivity contribution in [1.29, 1.82) is 0 Å². The number of nitrogens with one attached hydrogen (secondary N) is 2. The maximum atomic E-state index is 14.2. The van der Waals surface area contributed by atoms with Crippen LogP contribution in [0.15, 0.2) is 36.4 Å². The Morgan fingerprint density at radius 3 is 2.42 bits per heavy atom. The molecule has 11 nitrogen and oxygen atoms in total. The van der Waals surface area contributed by atoms with E-state index < -0.39 is 24.2 Å². The average molecular weight is 723 g/mol. The molecule has 1 heterocycles. The van der Waals surface area contributed by atoms with E-state index in [-0.39, 0.29) is 42.5 Å². The number of rotatable bonds is 15. The second-order valence-electron chi connectivity index (χ2n) is 16.7. The Hall–Kier alpha value is -3.22. The van der Waals surface area contributed by atoms with Gasteiger partial charge in [0.2, 0.25) is 5.91 Å². The first-order valence-electron chi connectivity index (χ1n) is 18.9. The predicted octanol–water partition coefficient (Wildman–Crippen LogP) is 4.88. The van der Waals surface area contributed by atoms with Crippen LogP contribution in [0.4, 0.5) is 5.69 Å². The highest BCUT2D eigenvalue weighted by molar-refractivity contribution is 5.97. The second kappa shape index (κ2) is 16.4. The summed E-state index contributed by atoms with van der Waals surface area (Å²) in [6, 6.07) is 10.6. The molecule has 2 amide bonds. The smallest absolute Gasteiger partial charge is 0.251 e. The van der Waals surface area contributed by atoms with Gasteiger partial charge in [0.25, 0.3) is 5.91 Å². The normalized spacial score (nSPS) is 27.8. The van der Waals surface area contributed by atoms with Crippen LogP contribution in [0.25, 0.3) is 11.1 Å². The summed E-state index contributed by atoms with van der Waals surface area (Å²) in [5, 5.41) is 29.4. The molecule has 0 spiro atoms. The van der Waals surface area contributed by atoms with E-state index >= 15 is 0 Å². The minimum atomic E-state index is -0.899. The molecule has 2 aromatic carbocycles. The number of fused-ring (bicyclic) bond motifs is 2. The number of ether oxygens (including phenoxy) is 2. The Balaban J connectivity index is 1.45. The van der Waals surface area contributed by atoms with Gasteiger partial charge in [-0.05, 0) is 79.0 Å². The number of methoxy groups -OCH3 is 2. The topological polar surface area (TPSA) is 133 Å². The van der Waals surface area contributed by atoms with E-state index in [0.29, 0.717) is 41.6 Å². The van der Waals surface area contributed by atoms with Gasteiger partial charge in [0.05, 0.1) is 39.0 Å². The molecule has 0 aromatic heterocycles. The fourth-order valence-electron chi connectivity index (χ4n) is 9.19. The Morgan fingerprint density at radius 2 is 1.85 bits per heavy atom. The fourth-order valence-corrected chi connectivity index (χ4v) is 9.19. The zero-order valence-corrected chi connectivity index (χ0v) is 32.8. The zero-order valence-electron chi connectivity index (χ0n) is 32.8. The third-order valence-electron chi connectivity index (χ3n) is 12.2. The summed E-state index contributed by atoms with van der Waals surface area (Å²) in [6.45, 7) is 13.0. The van der Waals surface area contributed by atoms with Gasteiger partial charge in [0.15, 0.2) is 0 Å². The number of nitrogens with zero attached hydrogens (tertiary/aromatic N) is 2. The van der Waals surface area contributed by atoms with Gasteiger partial charge in [-0.2, -0.15) is 5.06 Å². The Bertz CT molecular complexity index is 1560. The van der Waals surface area contributed by atoms with Crippen LogP contribution in [0.3, 0.4) is 0 Å². The molecule has 4 aliphatic rings. The van der Waals surface area contributed by atoms with Crippen LogP contribution in [0.1, 0.15) is 76.7 Å².